The zero-order valence-corrected chi connectivity index (χ0v) is 12.3. The third-order valence-corrected chi connectivity index (χ3v) is 3.50. The van der Waals surface area contributed by atoms with E-state index < -0.39 is 0 Å². The van der Waals surface area contributed by atoms with Gasteiger partial charge in [0.25, 0.3) is 0 Å². The minimum atomic E-state index is 0.532. The molecule has 0 amide bonds. The molecule has 0 atom stereocenters. The van der Waals surface area contributed by atoms with E-state index in [0.29, 0.717) is 19.3 Å². The van der Waals surface area contributed by atoms with Crippen molar-refractivity contribution < 1.29 is 13.9 Å². The summed E-state index contributed by atoms with van der Waals surface area (Å²) in [7, 11) is 1.67. The molecular weight excluding hydrogens is 266 g/mol. The van der Waals surface area contributed by atoms with E-state index in [4.69, 9.17) is 13.9 Å². The number of methoxy groups -OCH3 is 1. The molecule has 1 saturated carbocycles. The molecule has 0 bridgehead atoms. The van der Waals surface area contributed by atoms with Gasteiger partial charge >= 0.3 is 0 Å². The fourth-order valence-corrected chi connectivity index (χ4v) is 2.18. The maximum absolute atomic E-state index is 5.92. The number of para-hydroxylation sites is 1. The van der Waals surface area contributed by atoms with Gasteiger partial charge in [-0.2, -0.15) is 0 Å². The van der Waals surface area contributed by atoms with E-state index in [1.54, 1.807) is 7.11 Å². The largest absolute Gasteiger partial charge is 0.490 e. The predicted octanol–water partition coefficient (Wildman–Crippen LogP) is 3.22. The highest BCUT2D eigenvalue weighted by atomic mass is 16.5. The number of hydrogen-bond donors (Lipinski definition) is 1. The molecule has 0 unspecified atom stereocenters. The summed E-state index contributed by atoms with van der Waals surface area (Å²) in [4.78, 5) is 0. The highest BCUT2D eigenvalue weighted by molar-refractivity contribution is 5.65. The van der Waals surface area contributed by atoms with Crippen LogP contribution in [0.4, 0.5) is 0 Å². The first kappa shape index (κ1) is 14.2. The highest BCUT2D eigenvalue weighted by Gasteiger charge is 2.20. The Morgan fingerprint density at radius 1 is 1.14 bits per heavy atom. The number of benzene rings is 1. The van der Waals surface area contributed by atoms with E-state index in [2.05, 4.69) is 5.32 Å². The molecule has 4 nitrogen and oxygen atoms in total. The van der Waals surface area contributed by atoms with E-state index in [-0.39, 0.29) is 0 Å². The summed E-state index contributed by atoms with van der Waals surface area (Å²) in [5.74, 6) is 2.63. The lowest BCUT2D eigenvalue weighted by Crippen LogP contribution is -2.14. The molecule has 1 aromatic carbocycles. The van der Waals surface area contributed by atoms with Crippen molar-refractivity contribution in [2.45, 2.75) is 25.4 Å². The third kappa shape index (κ3) is 3.86. The molecule has 112 valence electrons. The van der Waals surface area contributed by atoms with Crippen LogP contribution < -0.4 is 10.1 Å². The molecule has 1 heterocycles. The van der Waals surface area contributed by atoms with E-state index in [0.717, 1.165) is 29.4 Å². The van der Waals surface area contributed by atoms with Crippen molar-refractivity contribution >= 4 is 0 Å². The van der Waals surface area contributed by atoms with Gasteiger partial charge in [-0.3, -0.25) is 0 Å². The average molecular weight is 287 g/mol. The number of furan rings is 1. The van der Waals surface area contributed by atoms with Crippen molar-refractivity contribution in [1.82, 2.24) is 5.32 Å². The third-order valence-electron chi connectivity index (χ3n) is 3.50. The van der Waals surface area contributed by atoms with Gasteiger partial charge in [0.05, 0.1) is 18.7 Å². The molecule has 0 saturated heterocycles. The first-order valence-electron chi connectivity index (χ1n) is 7.40. The van der Waals surface area contributed by atoms with E-state index in [1.807, 2.05) is 36.4 Å². The first-order chi connectivity index (χ1) is 10.4. The predicted molar refractivity (Wildman–Crippen MR) is 81.4 cm³/mol. The molecule has 0 radical (unpaired) electrons. The van der Waals surface area contributed by atoms with Crippen LogP contribution in [0.1, 0.15) is 18.6 Å². The standard InChI is InChI=1S/C17H21NO3/c1-19-10-11-20-16-5-3-2-4-15(16)17-9-8-14(21-17)12-18-13-6-7-13/h2-5,8-9,13,18H,6-7,10-12H2,1H3. The number of ether oxygens (including phenoxy) is 2. The Hall–Kier alpha value is -1.78. The van der Waals surface area contributed by atoms with Crippen LogP contribution in [-0.4, -0.2) is 26.4 Å². The molecule has 2 aromatic rings. The van der Waals surface area contributed by atoms with Gasteiger partial charge in [-0.15, -0.1) is 0 Å². The molecule has 4 heteroatoms. The Kier molecular flexibility index (Phi) is 4.58. The molecule has 0 spiro atoms. The van der Waals surface area contributed by atoms with Gasteiger partial charge in [-0.05, 0) is 37.1 Å². The van der Waals surface area contributed by atoms with Gasteiger partial charge in [0.2, 0.25) is 0 Å². The van der Waals surface area contributed by atoms with Crippen LogP contribution >= 0.6 is 0 Å². The monoisotopic (exact) mass is 287 g/mol. The fraction of sp³-hybridized carbons (Fsp3) is 0.412. The zero-order valence-electron chi connectivity index (χ0n) is 12.3. The summed E-state index contributed by atoms with van der Waals surface area (Å²) < 4.78 is 16.7. The van der Waals surface area contributed by atoms with Crippen LogP contribution in [0.2, 0.25) is 0 Å². The maximum atomic E-state index is 5.92. The fourth-order valence-electron chi connectivity index (χ4n) is 2.18. The molecule has 1 N–H and O–H groups in total. The van der Waals surface area contributed by atoms with Gasteiger partial charge in [-0.25, -0.2) is 0 Å². The van der Waals surface area contributed by atoms with Crippen molar-refractivity contribution in [2.24, 2.45) is 0 Å². The van der Waals surface area contributed by atoms with E-state index in [9.17, 15) is 0 Å². The SMILES string of the molecule is COCCOc1ccccc1-c1ccc(CNC2CC2)o1. The second kappa shape index (κ2) is 6.78. The van der Waals surface area contributed by atoms with Gasteiger partial charge in [0, 0.05) is 13.2 Å². The molecule has 1 aromatic heterocycles. The summed E-state index contributed by atoms with van der Waals surface area (Å²) in [6.07, 6.45) is 2.56. The van der Waals surface area contributed by atoms with Crippen LogP contribution in [0.3, 0.4) is 0 Å². The lowest BCUT2D eigenvalue weighted by Gasteiger charge is -2.09. The molecule has 3 rings (SSSR count). The Morgan fingerprint density at radius 2 is 2.00 bits per heavy atom. The minimum Gasteiger partial charge on any atom is -0.490 e. The molecule has 1 fully saturated rings. The van der Waals surface area contributed by atoms with Crippen LogP contribution in [0.5, 0.6) is 5.75 Å². The van der Waals surface area contributed by atoms with Gasteiger partial charge in [-0.1, -0.05) is 12.1 Å². The number of hydrogen-bond acceptors (Lipinski definition) is 4. The Balaban J connectivity index is 1.69. The normalized spacial score (nSPS) is 14.3. The van der Waals surface area contributed by atoms with E-state index in [1.165, 1.54) is 12.8 Å². The Labute approximate surface area is 125 Å². The minimum absolute atomic E-state index is 0.532. The van der Waals surface area contributed by atoms with Gasteiger partial charge < -0.3 is 19.2 Å². The summed E-state index contributed by atoms with van der Waals surface area (Å²) >= 11 is 0. The van der Waals surface area contributed by atoms with E-state index >= 15 is 0 Å². The molecule has 21 heavy (non-hydrogen) atoms. The van der Waals surface area contributed by atoms with Gasteiger partial charge in [0.1, 0.15) is 23.9 Å². The summed E-state index contributed by atoms with van der Waals surface area (Å²) in [5.41, 5.74) is 0.978. The van der Waals surface area contributed by atoms with Crippen LogP contribution in [0, 0.1) is 0 Å². The zero-order chi connectivity index (χ0) is 14.5. The van der Waals surface area contributed by atoms with Crippen molar-refractivity contribution in [2.75, 3.05) is 20.3 Å². The van der Waals surface area contributed by atoms with Crippen molar-refractivity contribution in [3.05, 3.63) is 42.2 Å². The average Bonchev–Trinajstić information content (AvgIpc) is 3.23. The van der Waals surface area contributed by atoms with Crippen LogP contribution in [0.25, 0.3) is 11.3 Å². The van der Waals surface area contributed by atoms with Crippen molar-refractivity contribution in [1.29, 1.82) is 0 Å². The topological polar surface area (TPSA) is 43.6 Å². The molecule has 0 aliphatic heterocycles. The maximum Gasteiger partial charge on any atom is 0.138 e. The van der Waals surface area contributed by atoms with Crippen molar-refractivity contribution in [3.63, 3.8) is 0 Å². The molecule has 1 aliphatic carbocycles. The first-order valence-corrected chi connectivity index (χ1v) is 7.40. The summed E-state index contributed by atoms with van der Waals surface area (Å²) in [6.45, 7) is 1.89. The smallest absolute Gasteiger partial charge is 0.138 e. The quantitative estimate of drug-likeness (QED) is 0.757. The second-order valence-electron chi connectivity index (χ2n) is 5.26. The van der Waals surface area contributed by atoms with Crippen LogP contribution in [-0.2, 0) is 11.3 Å². The number of rotatable bonds is 8. The molecular formula is C17H21NO3. The molecule has 1 aliphatic rings. The summed E-state index contributed by atoms with van der Waals surface area (Å²) in [6, 6.07) is 12.6. The number of nitrogens with one attached hydrogen (secondary N) is 1. The van der Waals surface area contributed by atoms with Crippen LogP contribution in [0.15, 0.2) is 40.8 Å². The lowest BCUT2D eigenvalue weighted by molar-refractivity contribution is 0.146. The van der Waals surface area contributed by atoms with Crippen molar-refractivity contribution in [3.8, 4) is 17.1 Å². The van der Waals surface area contributed by atoms with Gasteiger partial charge in [0.15, 0.2) is 0 Å². The second-order valence-corrected chi connectivity index (χ2v) is 5.26. The Morgan fingerprint density at radius 3 is 2.81 bits per heavy atom. The highest BCUT2D eigenvalue weighted by Crippen LogP contribution is 2.31. The lowest BCUT2D eigenvalue weighted by atomic mass is 10.1. The Bertz CT molecular complexity index is 575. The summed E-state index contributed by atoms with van der Waals surface area (Å²) in [5, 5.41) is 3.45.